The maximum absolute atomic E-state index is 12.8. The number of carbonyl (C=O) groups excluding carboxylic acids is 3. The summed E-state index contributed by atoms with van der Waals surface area (Å²) < 4.78 is 10.3. The molecule has 0 bridgehead atoms. The van der Waals surface area contributed by atoms with E-state index in [2.05, 4.69) is 9.97 Å². The number of carbonyl (C=O) groups is 3. The molecule has 1 saturated carbocycles. The van der Waals surface area contributed by atoms with Crippen molar-refractivity contribution in [2.24, 2.45) is 0 Å². The smallest absolute Gasteiger partial charge is 0.340 e. The Hall–Kier alpha value is -3.12. The molecule has 1 N–H and O–H groups in total. The lowest BCUT2D eigenvalue weighted by atomic mass is 10.0. The summed E-state index contributed by atoms with van der Waals surface area (Å²) in [6.45, 7) is 4.61. The van der Waals surface area contributed by atoms with E-state index >= 15 is 0 Å². The molecular weight excluding hydrogens is 418 g/mol. The van der Waals surface area contributed by atoms with Crippen molar-refractivity contribution in [3.8, 4) is 6.07 Å². The Bertz CT molecular complexity index is 1100. The Morgan fingerprint density at radius 3 is 2.45 bits per heavy atom. The van der Waals surface area contributed by atoms with Crippen LogP contribution in [0.25, 0.3) is 0 Å². The van der Waals surface area contributed by atoms with Crippen LogP contribution in [-0.2, 0) is 9.47 Å². The summed E-state index contributed by atoms with van der Waals surface area (Å²) in [6.07, 6.45) is 3.76. The Morgan fingerprint density at radius 2 is 1.87 bits per heavy atom. The minimum Gasteiger partial charge on any atom is -0.462 e. The molecule has 0 amide bonds. The van der Waals surface area contributed by atoms with E-state index < -0.39 is 24.3 Å². The number of esters is 2. The van der Waals surface area contributed by atoms with Crippen LogP contribution in [0.1, 0.15) is 79.4 Å². The normalized spacial score (nSPS) is 12.9. The molecule has 31 heavy (non-hydrogen) atoms. The number of rotatable bonds is 8. The molecule has 2 aromatic rings. The van der Waals surface area contributed by atoms with Crippen molar-refractivity contribution in [3.63, 3.8) is 0 Å². The number of nitrogens with zero attached hydrogens (tertiary/aromatic N) is 2. The number of H-pyrrole nitrogens is 1. The van der Waals surface area contributed by atoms with Crippen molar-refractivity contribution in [2.75, 3.05) is 19.5 Å². The van der Waals surface area contributed by atoms with Crippen molar-refractivity contribution in [2.45, 2.75) is 44.6 Å². The average Bonchev–Trinajstić information content (AvgIpc) is 3.55. The second-order valence-corrected chi connectivity index (χ2v) is 8.00. The topological polar surface area (TPSA) is 122 Å². The number of pyridine rings is 1. The summed E-state index contributed by atoms with van der Waals surface area (Å²) in [7, 11) is 0. The zero-order valence-electron chi connectivity index (χ0n) is 17.8. The lowest BCUT2D eigenvalue weighted by Crippen LogP contribution is -2.19. The third kappa shape index (κ3) is 4.64. The molecule has 0 saturated heterocycles. The lowest BCUT2D eigenvalue weighted by Gasteiger charge is -2.11. The molecule has 9 heteroatoms. The fourth-order valence-electron chi connectivity index (χ4n) is 3.41. The maximum Gasteiger partial charge on any atom is 0.340 e. The Labute approximate surface area is 184 Å². The molecule has 0 aromatic carbocycles. The molecule has 162 valence electrons. The van der Waals surface area contributed by atoms with E-state index in [1.54, 1.807) is 33.1 Å². The van der Waals surface area contributed by atoms with E-state index in [9.17, 15) is 19.6 Å². The SMILES string of the molecule is CCOC(=O)c1c(C)[nH]c(C)c1C(=O)COC(=O)c1cc(C2CC2)nc(SC)c1C#N. The summed E-state index contributed by atoms with van der Waals surface area (Å²) in [5.74, 6) is -1.63. The molecule has 0 unspecified atom stereocenters. The van der Waals surface area contributed by atoms with E-state index in [1.165, 1.54) is 11.8 Å². The van der Waals surface area contributed by atoms with Crippen LogP contribution in [0.2, 0.25) is 0 Å². The minimum absolute atomic E-state index is 0.101. The summed E-state index contributed by atoms with van der Waals surface area (Å²) in [5.41, 5.74) is 2.27. The monoisotopic (exact) mass is 441 g/mol. The first-order chi connectivity index (χ1) is 14.8. The van der Waals surface area contributed by atoms with Crippen LogP contribution < -0.4 is 0 Å². The molecule has 2 heterocycles. The van der Waals surface area contributed by atoms with Crippen LogP contribution in [-0.4, -0.2) is 47.2 Å². The van der Waals surface area contributed by atoms with Crippen molar-refractivity contribution in [1.82, 2.24) is 9.97 Å². The number of nitrogens with one attached hydrogen (secondary N) is 1. The number of ketones is 1. The Morgan fingerprint density at radius 1 is 1.19 bits per heavy atom. The fourth-order valence-corrected chi connectivity index (χ4v) is 3.97. The number of aromatic amines is 1. The van der Waals surface area contributed by atoms with Crippen LogP contribution in [0, 0.1) is 25.2 Å². The quantitative estimate of drug-likeness (QED) is 0.374. The fraction of sp³-hybridized carbons (Fsp3) is 0.409. The van der Waals surface area contributed by atoms with E-state index in [0.717, 1.165) is 18.5 Å². The van der Waals surface area contributed by atoms with Gasteiger partial charge >= 0.3 is 11.9 Å². The van der Waals surface area contributed by atoms with Gasteiger partial charge in [0.2, 0.25) is 5.78 Å². The lowest BCUT2D eigenvalue weighted by molar-refractivity contribution is 0.0471. The number of hydrogen-bond donors (Lipinski definition) is 1. The number of ether oxygens (including phenoxy) is 2. The second kappa shape index (κ2) is 9.35. The van der Waals surface area contributed by atoms with Gasteiger partial charge in [0.1, 0.15) is 11.1 Å². The molecule has 1 fully saturated rings. The van der Waals surface area contributed by atoms with E-state index in [4.69, 9.17) is 9.47 Å². The first-order valence-electron chi connectivity index (χ1n) is 9.87. The van der Waals surface area contributed by atoms with Gasteiger partial charge in [0.15, 0.2) is 6.61 Å². The molecule has 2 aromatic heterocycles. The largest absolute Gasteiger partial charge is 0.462 e. The van der Waals surface area contributed by atoms with Gasteiger partial charge < -0.3 is 14.5 Å². The molecule has 1 aliphatic rings. The third-order valence-electron chi connectivity index (χ3n) is 4.99. The van der Waals surface area contributed by atoms with Crippen molar-refractivity contribution in [1.29, 1.82) is 5.26 Å². The van der Waals surface area contributed by atoms with Gasteiger partial charge in [-0.3, -0.25) is 4.79 Å². The van der Waals surface area contributed by atoms with Crippen LogP contribution in [0.15, 0.2) is 11.1 Å². The maximum atomic E-state index is 12.8. The standard InChI is InChI=1S/C22H23N3O5S/c1-5-29-22(28)19-12(3)24-11(2)18(19)17(26)10-30-21(27)14-8-16(13-6-7-13)25-20(31-4)15(14)9-23/h8,13,24H,5-7,10H2,1-4H3. The van der Waals surface area contributed by atoms with Crippen molar-refractivity contribution in [3.05, 3.63) is 45.4 Å². The highest BCUT2D eigenvalue weighted by molar-refractivity contribution is 7.98. The molecule has 0 spiro atoms. The van der Waals surface area contributed by atoms with Gasteiger partial charge in [0, 0.05) is 23.0 Å². The minimum atomic E-state index is -0.771. The van der Waals surface area contributed by atoms with Crippen molar-refractivity contribution < 1.29 is 23.9 Å². The van der Waals surface area contributed by atoms with E-state index in [1.807, 2.05) is 6.07 Å². The summed E-state index contributed by atoms with van der Waals surface area (Å²) in [4.78, 5) is 45.3. The van der Waals surface area contributed by atoms with Gasteiger partial charge in [0.25, 0.3) is 0 Å². The predicted octanol–water partition coefficient (Wildman–Crippen LogP) is 3.71. The van der Waals surface area contributed by atoms with E-state index in [-0.39, 0.29) is 34.8 Å². The highest BCUT2D eigenvalue weighted by atomic mass is 32.2. The molecule has 0 aliphatic heterocycles. The van der Waals surface area contributed by atoms with Gasteiger partial charge in [-0.25, -0.2) is 14.6 Å². The molecule has 1 aliphatic carbocycles. The molecular formula is C22H23N3O5S. The number of aryl methyl sites for hydroxylation is 2. The molecule has 8 nitrogen and oxygen atoms in total. The van der Waals surface area contributed by atoms with E-state index in [0.29, 0.717) is 16.4 Å². The highest BCUT2D eigenvalue weighted by Gasteiger charge is 2.30. The van der Waals surface area contributed by atoms with Gasteiger partial charge in [-0.2, -0.15) is 5.26 Å². The number of nitriles is 1. The van der Waals surface area contributed by atoms with Gasteiger partial charge in [-0.05, 0) is 45.9 Å². The number of aromatic nitrogens is 2. The highest BCUT2D eigenvalue weighted by Crippen LogP contribution is 2.40. The third-order valence-corrected chi connectivity index (χ3v) is 5.68. The van der Waals surface area contributed by atoms with Gasteiger partial charge in [-0.15, -0.1) is 11.8 Å². The van der Waals surface area contributed by atoms with Gasteiger partial charge in [-0.1, -0.05) is 0 Å². The molecule has 3 rings (SSSR count). The van der Waals surface area contributed by atoms with Crippen LogP contribution in [0.4, 0.5) is 0 Å². The number of Topliss-reactive ketones (excluding diaryl/α,β-unsaturated/α-hetero) is 1. The van der Waals surface area contributed by atoms with Crippen LogP contribution in [0.3, 0.4) is 0 Å². The molecule has 0 atom stereocenters. The van der Waals surface area contributed by atoms with Gasteiger partial charge in [0.05, 0.1) is 28.9 Å². The Kier molecular flexibility index (Phi) is 6.81. The average molecular weight is 442 g/mol. The summed E-state index contributed by atoms with van der Waals surface area (Å²) in [5, 5.41) is 10.00. The Balaban J connectivity index is 1.84. The molecule has 0 radical (unpaired) electrons. The number of thioether (sulfide) groups is 1. The first kappa shape index (κ1) is 22.6. The summed E-state index contributed by atoms with van der Waals surface area (Å²) >= 11 is 1.28. The zero-order chi connectivity index (χ0) is 22.7. The summed E-state index contributed by atoms with van der Waals surface area (Å²) in [6, 6.07) is 3.60. The zero-order valence-corrected chi connectivity index (χ0v) is 18.6. The second-order valence-electron chi connectivity index (χ2n) is 7.21. The van der Waals surface area contributed by atoms with Crippen LogP contribution in [0.5, 0.6) is 0 Å². The number of hydrogen-bond acceptors (Lipinski definition) is 8. The first-order valence-corrected chi connectivity index (χ1v) is 11.1. The predicted molar refractivity (Wildman–Crippen MR) is 114 cm³/mol. The van der Waals surface area contributed by atoms with Crippen LogP contribution >= 0.6 is 11.8 Å². The van der Waals surface area contributed by atoms with Crippen molar-refractivity contribution >= 4 is 29.5 Å².